The Balaban J connectivity index is 2.05. The second-order valence-corrected chi connectivity index (χ2v) is 4.29. The Hall–Kier alpha value is -1.29. The first-order valence-corrected chi connectivity index (χ1v) is 5.29. The summed E-state index contributed by atoms with van der Waals surface area (Å²) in [5.74, 6) is 1.77. The average molecular weight is 206 g/mol. The Morgan fingerprint density at radius 3 is 3.33 bits per heavy atom. The quantitative estimate of drug-likeness (QED) is 0.679. The van der Waals surface area contributed by atoms with Gasteiger partial charge >= 0.3 is 0 Å². The van der Waals surface area contributed by atoms with Gasteiger partial charge in [0.2, 0.25) is 0 Å². The number of hydrogen-bond acceptors (Lipinski definition) is 4. The topological polar surface area (TPSA) is 45.6 Å². The highest BCUT2D eigenvalue weighted by molar-refractivity contribution is 5.59. The van der Waals surface area contributed by atoms with Crippen LogP contribution in [0.4, 0.5) is 5.82 Å². The molecule has 1 aromatic heterocycles. The Morgan fingerprint density at radius 2 is 2.47 bits per heavy atom. The minimum absolute atomic E-state index is 0.244. The van der Waals surface area contributed by atoms with E-state index in [0.29, 0.717) is 19.2 Å². The number of rotatable bonds is 0. The summed E-state index contributed by atoms with van der Waals surface area (Å²) >= 11 is 0. The molecular formula is C11H14N2O2. The normalized spacial score (nSPS) is 28.3. The van der Waals surface area contributed by atoms with E-state index in [1.165, 1.54) is 0 Å². The van der Waals surface area contributed by atoms with E-state index >= 15 is 0 Å². The number of aliphatic hydroxyl groups is 1. The van der Waals surface area contributed by atoms with Crippen molar-refractivity contribution in [2.24, 2.45) is 0 Å². The molecule has 4 heteroatoms. The summed E-state index contributed by atoms with van der Waals surface area (Å²) in [4.78, 5) is 6.51. The van der Waals surface area contributed by atoms with Gasteiger partial charge in [0.25, 0.3) is 0 Å². The SMILES string of the molecule is Cc1ccnc2c1OC[C@H]1C[C@@H](O)CN21. The van der Waals surface area contributed by atoms with Crippen LogP contribution in [0, 0.1) is 6.92 Å². The Bertz CT molecular complexity index is 394. The monoisotopic (exact) mass is 206 g/mol. The maximum Gasteiger partial charge on any atom is 0.172 e. The molecule has 0 aliphatic carbocycles. The summed E-state index contributed by atoms with van der Waals surface area (Å²) in [6.07, 6.45) is 2.34. The molecule has 0 unspecified atom stereocenters. The van der Waals surface area contributed by atoms with Crippen molar-refractivity contribution in [3.63, 3.8) is 0 Å². The molecule has 1 fully saturated rings. The van der Waals surface area contributed by atoms with Gasteiger partial charge in [0.05, 0.1) is 12.1 Å². The van der Waals surface area contributed by atoms with E-state index in [1.54, 1.807) is 6.20 Å². The van der Waals surface area contributed by atoms with E-state index in [4.69, 9.17) is 4.74 Å². The van der Waals surface area contributed by atoms with Gasteiger partial charge < -0.3 is 14.7 Å². The lowest BCUT2D eigenvalue weighted by Gasteiger charge is -2.32. The predicted molar refractivity (Wildman–Crippen MR) is 56.2 cm³/mol. The van der Waals surface area contributed by atoms with Crippen molar-refractivity contribution in [3.8, 4) is 5.75 Å². The highest BCUT2D eigenvalue weighted by Crippen LogP contribution is 2.37. The molecule has 3 rings (SSSR count). The molecule has 0 bridgehead atoms. The summed E-state index contributed by atoms with van der Waals surface area (Å²) < 4.78 is 5.70. The highest BCUT2D eigenvalue weighted by Gasteiger charge is 2.37. The molecule has 0 spiro atoms. The number of fused-ring (bicyclic) bond motifs is 3. The predicted octanol–water partition coefficient (Wildman–Crippen LogP) is 0.722. The standard InChI is InChI=1S/C11H14N2O2/c1-7-2-3-12-11-10(7)15-6-8-4-9(14)5-13(8)11/h2-3,8-9,14H,4-6H2,1H3/t8-,9-/m1/s1. The molecule has 0 aromatic carbocycles. The van der Waals surface area contributed by atoms with Gasteiger partial charge in [0.15, 0.2) is 11.6 Å². The number of pyridine rings is 1. The van der Waals surface area contributed by atoms with Crippen LogP contribution in [-0.2, 0) is 0 Å². The van der Waals surface area contributed by atoms with E-state index < -0.39 is 0 Å². The molecule has 1 saturated heterocycles. The molecule has 1 aromatic rings. The number of aromatic nitrogens is 1. The molecule has 2 atom stereocenters. The lowest BCUT2D eigenvalue weighted by Crippen LogP contribution is -2.39. The van der Waals surface area contributed by atoms with Crippen LogP contribution in [0.5, 0.6) is 5.75 Å². The summed E-state index contributed by atoms with van der Waals surface area (Å²) in [5, 5.41) is 9.63. The van der Waals surface area contributed by atoms with Crippen molar-refractivity contribution < 1.29 is 9.84 Å². The van der Waals surface area contributed by atoms with Crippen LogP contribution >= 0.6 is 0 Å². The fraction of sp³-hybridized carbons (Fsp3) is 0.545. The molecule has 4 nitrogen and oxygen atoms in total. The molecule has 0 radical (unpaired) electrons. The number of hydrogen-bond donors (Lipinski definition) is 1. The van der Waals surface area contributed by atoms with Gasteiger partial charge in [-0.25, -0.2) is 4.98 Å². The number of aliphatic hydroxyl groups excluding tert-OH is 1. The van der Waals surface area contributed by atoms with Gasteiger partial charge in [-0.05, 0) is 25.0 Å². The Morgan fingerprint density at radius 1 is 1.60 bits per heavy atom. The van der Waals surface area contributed by atoms with Crippen LogP contribution < -0.4 is 9.64 Å². The van der Waals surface area contributed by atoms with Crippen molar-refractivity contribution >= 4 is 5.82 Å². The minimum atomic E-state index is -0.244. The largest absolute Gasteiger partial charge is 0.487 e. The van der Waals surface area contributed by atoms with E-state index in [1.807, 2.05) is 13.0 Å². The first-order valence-electron chi connectivity index (χ1n) is 5.29. The maximum absolute atomic E-state index is 9.63. The van der Waals surface area contributed by atoms with E-state index in [0.717, 1.165) is 23.6 Å². The molecule has 2 aliphatic heterocycles. The zero-order chi connectivity index (χ0) is 10.4. The zero-order valence-corrected chi connectivity index (χ0v) is 8.68. The summed E-state index contributed by atoms with van der Waals surface area (Å²) in [6, 6.07) is 2.24. The van der Waals surface area contributed by atoms with Crippen LogP contribution in [0.1, 0.15) is 12.0 Å². The second-order valence-electron chi connectivity index (χ2n) is 4.29. The molecule has 15 heavy (non-hydrogen) atoms. The summed E-state index contributed by atoms with van der Waals surface area (Å²) in [7, 11) is 0. The molecule has 0 saturated carbocycles. The molecule has 3 heterocycles. The summed E-state index contributed by atoms with van der Waals surface area (Å²) in [6.45, 7) is 3.36. The fourth-order valence-corrected chi connectivity index (χ4v) is 2.40. The molecule has 80 valence electrons. The molecular weight excluding hydrogens is 192 g/mol. The lowest BCUT2D eigenvalue weighted by molar-refractivity contribution is 0.187. The number of nitrogens with zero attached hydrogens (tertiary/aromatic N) is 2. The fourth-order valence-electron chi connectivity index (χ4n) is 2.40. The Labute approximate surface area is 88.5 Å². The third-order valence-electron chi connectivity index (χ3n) is 3.17. The van der Waals surface area contributed by atoms with Gasteiger partial charge in [0.1, 0.15) is 6.61 Å². The third kappa shape index (κ3) is 1.28. The van der Waals surface area contributed by atoms with Gasteiger partial charge in [-0.15, -0.1) is 0 Å². The molecule has 2 aliphatic rings. The Kier molecular flexibility index (Phi) is 1.85. The number of anilines is 1. The van der Waals surface area contributed by atoms with Crippen molar-refractivity contribution in [1.29, 1.82) is 0 Å². The van der Waals surface area contributed by atoms with Crippen LogP contribution in [0.15, 0.2) is 12.3 Å². The lowest BCUT2D eigenvalue weighted by atomic mass is 10.1. The van der Waals surface area contributed by atoms with Crippen LogP contribution in [0.25, 0.3) is 0 Å². The smallest absolute Gasteiger partial charge is 0.172 e. The minimum Gasteiger partial charge on any atom is -0.487 e. The number of aryl methyl sites for hydroxylation is 1. The molecule has 0 amide bonds. The van der Waals surface area contributed by atoms with Crippen LogP contribution in [0.2, 0.25) is 0 Å². The zero-order valence-electron chi connectivity index (χ0n) is 8.68. The van der Waals surface area contributed by atoms with E-state index in [2.05, 4.69) is 9.88 Å². The van der Waals surface area contributed by atoms with E-state index in [-0.39, 0.29) is 6.10 Å². The maximum atomic E-state index is 9.63. The first kappa shape index (κ1) is 8.97. The van der Waals surface area contributed by atoms with Crippen LogP contribution in [-0.4, -0.2) is 35.4 Å². The molecule has 1 N–H and O–H groups in total. The van der Waals surface area contributed by atoms with Crippen LogP contribution in [0.3, 0.4) is 0 Å². The van der Waals surface area contributed by atoms with Gasteiger partial charge in [-0.3, -0.25) is 0 Å². The first-order chi connectivity index (χ1) is 7.25. The van der Waals surface area contributed by atoms with E-state index in [9.17, 15) is 5.11 Å². The van der Waals surface area contributed by atoms with Crippen molar-refractivity contribution in [2.45, 2.75) is 25.5 Å². The second kappa shape index (κ2) is 3.10. The number of ether oxygens (including phenoxy) is 1. The van der Waals surface area contributed by atoms with Gasteiger partial charge in [0, 0.05) is 12.7 Å². The van der Waals surface area contributed by atoms with Gasteiger partial charge in [-0.1, -0.05) is 0 Å². The van der Waals surface area contributed by atoms with Gasteiger partial charge in [-0.2, -0.15) is 0 Å². The highest BCUT2D eigenvalue weighted by atomic mass is 16.5. The van der Waals surface area contributed by atoms with Crippen molar-refractivity contribution in [2.75, 3.05) is 18.1 Å². The van der Waals surface area contributed by atoms with Crippen molar-refractivity contribution in [1.82, 2.24) is 4.98 Å². The third-order valence-corrected chi connectivity index (χ3v) is 3.17. The average Bonchev–Trinajstić information content (AvgIpc) is 2.59. The summed E-state index contributed by atoms with van der Waals surface area (Å²) in [5.41, 5.74) is 1.11. The van der Waals surface area contributed by atoms with Crippen molar-refractivity contribution in [3.05, 3.63) is 17.8 Å².